The molecule has 0 aliphatic carbocycles. The minimum absolute atomic E-state index is 0.208. The van der Waals surface area contributed by atoms with E-state index in [1.54, 1.807) is 32.9 Å². The molecule has 2 heterocycles. The number of fused-ring (bicyclic) bond motifs is 1. The summed E-state index contributed by atoms with van der Waals surface area (Å²) in [5.74, 6) is -0.238. The quantitative estimate of drug-likeness (QED) is 0.582. The van der Waals surface area contributed by atoms with Crippen LogP contribution in [-0.4, -0.2) is 45.6 Å². The fourth-order valence-corrected chi connectivity index (χ4v) is 2.97. The lowest BCUT2D eigenvalue weighted by atomic mass is 9.78. The number of aromatic nitrogens is 2. The SMILES string of the molecule is CC(=O)c1nn(C(=O)OC(C)(C)C)c2ccc(B3OC(C)(C)C(C)(C)O3)cc12. The monoisotopic (exact) mass is 386 g/mol. The fraction of sp³-hybridized carbons (Fsp3) is 0.550. The number of hydrogen-bond donors (Lipinski definition) is 0. The smallest absolute Gasteiger partial charge is 0.442 e. The van der Waals surface area contributed by atoms with Gasteiger partial charge in [0.25, 0.3) is 0 Å². The van der Waals surface area contributed by atoms with Gasteiger partial charge in [0.1, 0.15) is 11.3 Å². The molecule has 1 aromatic carbocycles. The van der Waals surface area contributed by atoms with Crippen LogP contribution in [0.3, 0.4) is 0 Å². The maximum atomic E-state index is 12.5. The number of Topliss-reactive ketones (excluding diaryl/α,β-unsaturated/α-hetero) is 1. The van der Waals surface area contributed by atoms with Gasteiger partial charge in [0, 0.05) is 12.3 Å². The molecule has 0 saturated carbocycles. The van der Waals surface area contributed by atoms with Crippen LogP contribution in [-0.2, 0) is 14.0 Å². The Morgan fingerprint density at radius 3 is 2.18 bits per heavy atom. The first kappa shape index (κ1) is 20.5. The molecule has 7 nitrogen and oxygen atoms in total. The van der Waals surface area contributed by atoms with Crippen molar-refractivity contribution >= 4 is 35.4 Å². The zero-order chi connectivity index (χ0) is 21.1. The van der Waals surface area contributed by atoms with Gasteiger partial charge in [0.2, 0.25) is 0 Å². The van der Waals surface area contributed by atoms with E-state index in [0.717, 1.165) is 10.1 Å². The standard InChI is InChI=1S/C20H27BN2O5/c1-12(24)16-14-11-13(21-27-19(5,6)20(7,8)28-21)9-10-15(14)23(22-16)17(25)26-18(2,3)4/h9-11H,1-8H3. The lowest BCUT2D eigenvalue weighted by Crippen LogP contribution is -2.41. The summed E-state index contributed by atoms with van der Waals surface area (Å²) in [4.78, 5) is 24.7. The predicted octanol–water partition coefficient (Wildman–Crippen LogP) is 3.32. The van der Waals surface area contributed by atoms with Crippen molar-refractivity contribution in [1.82, 2.24) is 9.78 Å². The third kappa shape index (κ3) is 3.58. The molecule has 0 atom stereocenters. The molecule has 1 aliphatic rings. The minimum Gasteiger partial charge on any atom is -0.442 e. The van der Waals surface area contributed by atoms with Gasteiger partial charge < -0.3 is 14.0 Å². The van der Waals surface area contributed by atoms with E-state index in [1.807, 2.05) is 33.8 Å². The van der Waals surface area contributed by atoms with Crippen LogP contribution in [0.2, 0.25) is 0 Å². The highest BCUT2D eigenvalue weighted by Gasteiger charge is 2.51. The van der Waals surface area contributed by atoms with Gasteiger partial charge in [-0.25, -0.2) is 4.79 Å². The summed E-state index contributed by atoms with van der Waals surface area (Å²) in [5.41, 5.74) is -0.154. The average molecular weight is 386 g/mol. The summed E-state index contributed by atoms with van der Waals surface area (Å²) in [5, 5.41) is 4.77. The van der Waals surface area contributed by atoms with Gasteiger partial charge in [-0.2, -0.15) is 9.78 Å². The fourth-order valence-electron chi connectivity index (χ4n) is 2.97. The molecule has 0 radical (unpaired) electrons. The zero-order valence-corrected chi connectivity index (χ0v) is 17.7. The Kier molecular flexibility index (Phi) is 4.71. The second-order valence-electron chi connectivity index (χ2n) is 9.16. The molecule has 1 aromatic heterocycles. The van der Waals surface area contributed by atoms with Gasteiger partial charge >= 0.3 is 13.2 Å². The first-order valence-corrected chi connectivity index (χ1v) is 9.34. The van der Waals surface area contributed by atoms with E-state index in [4.69, 9.17) is 14.0 Å². The van der Waals surface area contributed by atoms with Crippen LogP contribution >= 0.6 is 0 Å². The van der Waals surface area contributed by atoms with Crippen LogP contribution in [0.1, 0.15) is 65.9 Å². The van der Waals surface area contributed by atoms with Gasteiger partial charge in [-0.15, -0.1) is 0 Å². The summed E-state index contributed by atoms with van der Waals surface area (Å²) in [6, 6.07) is 5.35. The summed E-state index contributed by atoms with van der Waals surface area (Å²) < 4.78 is 18.7. The van der Waals surface area contributed by atoms with Crippen molar-refractivity contribution in [3.05, 3.63) is 23.9 Å². The van der Waals surface area contributed by atoms with Crippen molar-refractivity contribution in [3.8, 4) is 0 Å². The normalized spacial score (nSPS) is 18.5. The van der Waals surface area contributed by atoms with Crippen molar-refractivity contribution in [1.29, 1.82) is 0 Å². The Labute approximate surface area is 165 Å². The highest BCUT2D eigenvalue weighted by atomic mass is 16.7. The van der Waals surface area contributed by atoms with Crippen molar-refractivity contribution in [2.24, 2.45) is 0 Å². The topological polar surface area (TPSA) is 79.7 Å². The lowest BCUT2D eigenvalue weighted by molar-refractivity contribution is 0.00578. The van der Waals surface area contributed by atoms with Crippen LogP contribution in [0.4, 0.5) is 4.79 Å². The predicted molar refractivity (Wildman–Crippen MR) is 107 cm³/mol. The average Bonchev–Trinajstić information content (AvgIpc) is 3.00. The summed E-state index contributed by atoms with van der Waals surface area (Å²) >= 11 is 0. The van der Waals surface area contributed by atoms with E-state index < -0.39 is 30.0 Å². The molecule has 1 aliphatic heterocycles. The Morgan fingerprint density at radius 2 is 1.68 bits per heavy atom. The molecular weight excluding hydrogens is 359 g/mol. The van der Waals surface area contributed by atoms with E-state index in [0.29, 0.717) is 10.9 Å². The molecule has 0 bridgehead atoms. The second-order valence-corrected chi connectivity index (χ2v) is 9.16. The van der Waals surface area contributed by atoms with Crippen LogP contribution < -0.4 is 5.46 Å². The third-order valence-electron chi connectivity index (χ3n) is 5.13. The second kappa shape index (κ2) is 6.42. The van der Waals surface area contributed by atoms with E-state index in [9.17, 15) is 9.59 Å². The van der Waals surface area contributed by atoms with Crippen molar-refractivity contribution in [2.75, 3.05) is 0 Å². The summed E-state index contributed by atoms with van der Waals surface area (Å²) in [7, 11) is -0.570. The molecular formula is C20H27BN2O5. The number of ketones is 1. The van der Waals surface area contributed by atoms with E-state index in [1.165, 1.54) is 6.92 Å². The first-order chi connectivity index (χ1) is 12.7. The summed E-state index contributed by atoms with van der Waals surface area (Å²) in [6.45, 7) is 14.7. The van der Waals surface area contributed by atoms with E-state index in [2.05, 4.69) is 5.10 Å². The van der Waals surface area contributed by atoms with Crippen molar-refractivity contribution in [3.63, 3.8) is 0 Å². The molecule has 8 heteroatoms. The van der Waals surface area contributed by atoms with Crippen LogP contribution in [0.5, 0.6) is 0 Å². The van der Waals surface area contributed by atoms with Crippen molar-refractivity contribution < 1.29 is 23.6 Å². The van der Waals surface area contributed by atoms with E-state index >= 15 is 0 Å². The molecule has 0 N–H and O–H groups in total. The maximum Gasteiger partial charge on any atom is 0.494 e. The number of ether oxygens (including phenoxy) is 1. The van der Waals surface area contributed by atoms with E-state index in [-0.39, 0.29) is 11.5 Å². The molecule has 28 heavy (non-hydrogen) atoms. The Balaban J connectivity index is 2.06. The van der Waals surface area contributed by atoms with Gasteiger partial charge in [0.05, 0.1) is 16.7 Å². The highest BCUT2D eigenvalue weighted by Crippen LogP contribution is 2.36. The molecule has 1 saturated heterocycles. The van der Waals surface area contributed by atoms with Gasteiger partial charge in [-0.1, -0.05) is 12.1 Å². The molecule has 150 valence electrons. The van der Waals surface area contributed by atoms with Gasteiger partial charge in [-0.05, 0) is 60.0 Å². The third-order valence-corrected chi connectivity index (χ3v) is 5.13. The highest BCUT2D eigenvalue weighted by molar-refractivity contribution is 6.62. The Morgan fingerprint density at radius 1 is 1.11 bits per heavy atom. The molecule has 0 spiro atoms. The maximum absolute atomic E-state index is 12.5. The first-order valence-electron chi connectivity index (χ1n) is 9.34. The number of hydrogen-bond acceptors (Lipinski definition) is 6. The molecule has 0 amide bonds. The van der Waals surface area contributed by atoms with Crippen LogP contribution in [0.25, 0.3) is 10.9 Å². The molecule has 1 fully saturated rings. The minimum atomic E-state index is -0.672. The largest absolute Gasteiger partial charge is 0.494 e. The van der Waals surface area contributed by atoms with Gasteiger partial charge in [0.15, 0.2) is 5.78 Å². The zero-order valence-electron chi connectivity index (χ0n) is 17.7. The van der Waals surface area contributed by atoms with Crippen molar-refractivity contribution in [2.45, 2.75) is 72.2 Å². The lowest BCUT2D eigenvalue weighted by Gasteiger charge is -2.32. The number of rotatable bonds is 2. The van der Waals surface area contributed by atoms with Crippen LogP contribution in [0.15, 0.2) is 18.2 Å². The van der Waals surface area contributed by atoms with Gasteiger partial charge in [-0.3, -0.25) is 4.79 Å². The molecule has 2 aromatic rings. The molecule has 0 unspecified atom stereocenters. The Hall–Kier alpha value is -2.19. The summed E-state index contributed by atoms with van der Waals surface area (Å²) in [6.07, 6.45) is -0.631. The molecule has 3 rings (SSSR count). The number of carbonyl (C=O) groups is 2. The Bertz CT molecular complexity index is 939. The number of nitrogens with zero attached hydrogens (tertiary/aromatic N) is 2. The van der Waals surface area contributed by atoms with Crippen LogP contribution in [0, 0.1) is 0 Å². The number of benzene rings is 1. The number of carbonyl (C=O) groups excluding carboxylic acids is 2.